The van der Waals surface area contributed by atoms with Crippen molar-refractivity contribution in [3.05, 3.63) is 194 Å². The third-order valence-electron chi connectivity index (χ3n) is 10.6. The molecule has 3 aromatic heterocycles. The van der Waals surface area contributed by atoms with Gasteiger partial charge in [-0.3, -0.25) is 0 Å². The summed E-state index contributed by atoms with van der Waals surface area (Å²) in [5, 5.41) is 4.82. The Hall–Kier alpha value is -7.04. The minimum absolute atomic E-state index is 1.11. The van der Waals surface area contributed by atoms with Crippen LogP contribution in [-0.4, -0.2) is 18.3 Å². The molecule has 3 heterocycles. The lowest BCUT2D eigenvalue weighted by molar-refractivity contribution is 1.15. The second-order valence-corrected chi connectivity index (χ2v) is 13.5. The van der Waals surface area contributed by atoms with Crippen molar-refractivity contribution in [1.29, 1.82) is 0 Å². The Morgan fingerprint density at radius 1 is 0.212 bits per heavy atom. The summed E-state index contributed by atoms with van der Waals surface area (Å²) in [7, 11) is 0. The minimum Gasteiger partial charge on any atom is -0.310 e. The Kier molecular flexibility index (Phi) is 6.22. The number of aromatic nitrogens is 4. The van der Waals surface area contributed by atoms with Crippen LogP contribution in [0.25, 0.3) is 88.4 Å². The van der Waals surface area contributed by atoms with E-state index in [2.05, 4.69) is 212 Å². The van der Waals surface area contributed by atoms with Crippen molar-refractivity contribution in [3.63, 3.8) is 0 Å². The van der Waals surface area contributed by atoms with Crippen LogP contribution in [0.5, 0.6) is 0 Å². The van der Waals surface area contributed by atoms with Gasteiger partial charge in [-0.1, -0.05) is 72.8 Å². The Labute approximate surface area is 299 Å². The van der Waals surface area contributed by atoms with Crippen molar-refractivity contribution in [1.82, 2.24) is 18.3 Å². The van der Waals surface area contributed by atoms with E-state index in [4.69, 9.17) is 0 Å². The summed E-state index contributed by atoms with van der Waals surface area (Å²) in [4.78, 5) is 0. The van der Waals surface area contributed by atoms with Gasteiger partial charge in [0.1, 0.15) is 0 Å². The minimum atomic E-state index is 1.11. The second-order valence-electron chi connectivity index (χ2n) is 13.5. The van der Waals surface area contributed by atoms with Gasteiger partial charge in [0.2, 0.25) is 0 Å². The number of benzene rings is 8. The SMILES string of the molecule is c1ccc(-n2c3ccc4c(c3)c3cc(ccc3n4-c3ccccc3)n(-c3ccccc3)c3ccc4c(c3)c3cc2ccc3n4-c2ccccc2)cc1. The lowest BCUT2D eigenvalue weighted by Crippen LogP contribution is -1.98. The van der Waals surface area contributed by atoms with E-state index < -0.39 is 0 Å². The van der Waals surface area contributed by atoms with Gasteiger partial charge in [0.25, 0.3) is 0 Å². The third-order valence-corrected chi connectivity index (χ3v) is 10.6. The monoisotopic (exact) mass is 664 g/mol. The van der Waals surface area contributed by atoms with Crippen molar-refractivity contribution >= 4 is 65.7 Å². The van der Waals surface area contributed by atoms with E-state index in [-0.39, 0.29) is 0 Å². The molecule has 11 rings (SSSR count). The molecule has 0 aliphatic carbocycles. The number of hydrogen-bond acceptors (Lipinski definition) is 0. The largest absolute Gasteiger partial charge is 0.310 e. The summed E-state index contributed by atoms with van der Waals surface area (Å²) in [5.41, 5.74) is 13.7. The van der Waals surface area contributed by atoms with E-state index in [0.717, 1.165) is 44.8 Å². The molecule has 0 radical (unpaired) electrons. The van der Waals surface area contributed by atoms with Gasteiger partial charge in [-0.2, -0.15) is 0 Å². The summed E-state index contributed by atoms with van der Waals surface area (Å²) in [6.07, 6.45) is 0. The highest BCUT2D eigenvalue weighted by atomic mass is 15.0. The third kappa shape index (κ3) is 4.28. The zero-order valence-electron chi connectivity index (χ0n) is 28.3. The molecular formula is C48H32N4. The molecular weight excluding hydrogens is 633 g/mol. The molecule has 244 valence electrons. The smallest absolute Gasteiger partial charge is 0.0542 e. The predicted molar refractivity (Wildman–Crippen MR) is 218 cm³/mol. The van der Waals surface area contributed by atoms with Gasteiger partial charge >= 0.3 is 0 Å². The molecule has 0 aliphatic heterocycles. The molecule has 4 heteroatoms. The highest BCUT2D eigenvalue weighted by molar-refractivity contribution is 6.14. The van der Waals surface area contributed by atoms with Crippen LogP contribution in [0.15, 0.2) is 194 Å². The molecule has 0 atom stereocenters. The average molecular weight is 665 g/mol. The van der Waals surface area contributed by atoms with Gasteiger partial charge in [-0.15, -0.1) is 0 Å². The molecule has 0 N–H and O–H groups in total. The zero-order valence-corrected chi connectivity index (χ0v) is 28.3. The van der Waals surface area contributed by atoms with Gasteiger partial charge in [0, 0.05) is 66.4 Å². The maximum Gasteiger partial charge on any atom is 0.0542 e. The first kappa shape index (κ1) is 28.8. The number of fused-ring (bicyclic) bond motifs is 4. The van der Waals surface area contributed by atoms with Crippen LogP contribution in [0.4, 0.5) is 0 Å². The maximum atomic E-state index is 2.40. The van der Waals surface area contributed by atoms with Crippen molar-refractivity contribution in [2.45, 2.75) is 0 Å². The van der Waals surface area contributed by atoms with E-state index in [1.165, 1.54) is 43.6 Å². The van der Waals surface area contributed by atoms with E-state index in [9.17, 15) is 0 Å². The first-order chi connectivity index (χ1) is 25.8. The molecule has 0 spiro atoms. The predicted octanol–water partition coefficient (Wildman–Crippen LogP) is 12.3. The van der Waals surface area contributed by atoms with Gasteiger partial charge < -0.3 is 18.3 Å². The average Bonchev–Trinajstić information content (AvgIpc) is 3.71. The van der Waals surface area contributed by atoms with Gasteiger partial charge in [0.15, 0.2) is 0 Å². The second kappa shape index (κ2) is 11.2. The Bertz CT molecular complexity index is 2800. The van der Waals surface area contributed by atoms with Crippen LogP contribution in [-0.2, 0) is 0 Å². The lowest BCUT2D eigenvalue weighted by atomic mass is 10.1. The van der Waals surface area contributed by atoms with E-state index in [0.29, 0.717) is 0 Å². The molecule has 4 nitrogen and oxygen atoms in total. The molecule has 0 fully saturated rings. The molecule has 0 saturated heterocycles. The maximum absolute atomic E-state index is 2.40. The van der Waals surface area contributed by atoms with E-state index in [1.54, 1.807) is 0 Å². The highest BCUT2D eigenvalue weighted by Crippen LogP contribution is 2.38. The number of hydrogen-bond donors (Lipinski definition) is 0. The fraction of sp³-hybridized carbons (Fsp3) is 0. The molecule has 0 aliphatic rings. The van der Waals surface area contributed by atoms with Gasteiger partial charge in [-0.25, -0.2) is 0 Å². The van der Waals surface area contributed by atoms with Crippen LogP contribution in [0, 0.1) is 0 Å². The van der Waals surface area contributed by atoms with Crippen LogP contribution >= 0.6 is 0 Å². The fourth-order valence-electron chi connectivity index (χ4n) is 8.31. The molecule has 11 aromatic rings. The van der Waals surface area contributed by atoms with Crippen molar-refractivity contribution in [2.75, 3.05) is 0 Å². The lowest BCUT2D eigenvalue weighted by Gasteiger charge is -2.13. The molecule has 0 saturated carbocycles. The summed E-state index contributed by atoms with van der Waals surface area (Å²) < 4.78 is 9.58. The Morgan fingerprint density at radius 2 is 0.442 bits per heavy atom. The summed E-state index contributed by atoms with van der Waals surface area (Å²) in [6.45, 7) is 0. The van der Waals surface area contributed by atoms with Crippen LogP contribution in [0.3, 0.4) is 0 Å². The highest BCUT2D eigenvalue weighted by Gasteiger charge is 2.17. The topological polar surface area (TPSA) is 19.7 Å². The van der Waals surface area contributed by atoms with Crippen LogP contribution in [0.2, 0.25) is 0 Å². The molecule has 0 amide bonds. The molecule has 52 heavy (non-hydrogen) atoms. The molecule has 0 unspecified atom stereocenters. The first-order valence-electron chi connectivity index (χ1n) is 17.8. The number of rotatable bonds is 4. The molecule has 8 aromatic carbocycles. The fourth-order valence-corrected chi connectivity index (χ4v) is 8.31. The van der Waals surface area contributed by atoms with Crippen molar-refractivity contribution in [2.24, 2.45) is 0 Å². The van der Waals surface area contributed by atoms with Gasteiger partial charge in [-0.05, 0) is 121 Å². The summed E-state index contributed by atoms with van der Waals surface area (Å²) >= 11 is 0. The van der Waals surface area contributed by atoms with E-state index in [1.807, 2.05) is 0 Å². The van der Waals surface area contributed by atoms with Crippen molar-refractivity contribution < 1.29 is 0 Å². The van der Waals surface area contributed by atoms with Crippen LogP contribution < -0.4 is 0 Å². The van der Waals surface area contributed by atoms with Crippen molar-refractivity contribution in [3.8, 4) is 22.7 Å². The zero-order chi connectivity index (χ0) is 34.2. The Balaban J connectivity index is 1.40. The molecule has 8 bridgehead atoms. The van der Waals surface area contributed by atoms with Gasteiger partial charge in [0.05, 0.1) is 22.1 Å². The quantitative estimate of drug-likeness (QED) is 0.178. The number of para-hydroxylation sites is 4. The standard InChI is InChI=1S/C48H32N4/c1-5-13-33(14-6-1)49-37-21-25-45-41(29-37)43-31-39(23-27-47(43)51(45)35-17-9-3-10-18-35)50(34-15-7-2-8-16-34)40-24-28-48-44(32-40)42-30-38(49)22-26-46(42)52(48)36-19-11-4-12-20-36/h1-32H. The summed E-state index contributed by atoms with van der Waals surface area (Å²) in [6, 6.07) is 70.6. The number of nitrogens with zero attached hydrogens (tertiary/aromatic N) is 4. The van der Waals surface area contributed by atoms with Crippen LogP contribution in [0.1, 0.15) is 0 Å². The first-order valence-corrected chi connectivity index (χ1v) is 17.8. The normalized spacial score (nSPS) is 11.8. The van der Waals surface area contributed by atoms with E-state index >= 15 is 0 Å². The summed E-state index contributed by atoms with van der Waals surface area (Å²) in [5.74, 6) is 0. The Morgan fingerprint density at radius 3 is 0.692 bits per heavy atom.